The number of benzene rings is 1. The lowest BCUT2D eigenvalue weighted by Crippen LogP contribution is -2.40. The van der Waals surface area contributed by atoms with Crippen LogP contribution < -0.4 is 16.1 Å². The topological polar surface area (TPSA) is 65.1 Å². The normalized spacial score (nSPS) is 16.8. The van der Waals surface area contributed by atoms with Gasteiger partial charge in [0, 0.05) is 37.4 Å². The van der Waals surface area contributed by atoms with Crippen LogP contribution in [-0.2, 0) is 20.1 Å². The number of halogens is 1. The van der Waals surface area contributed by atoms with Crippen LogP contribution in [0.1, 0.15) is 19.4 Å². The van der Waals surface area contributed by atoms with Crippen molar-refractivity contribution in [3.8, 4) is 0 Å². The Hall–Kier alpha value is -2.54. The van der Waals surface area contributed by atoms with Gasteiger partial charge in [-0.15, -0.1) is 0 Å². The molecule has 2 aromatic heterocycles. The molecule has 0 fully saturated rings. The van der Waals surface area contributed by atoms with Crippen molar-refractivity contribution in [2.24, 2.45) is 13.0 Å². The zero-order valence-corrected chi connectivity index (χ0v) is 16.6. The largest absolute Gasteiger partial charge is 0.332 e. The van der Waals surface area contributed by atoms with Crippen LogP contribution in [0.25, 0.3) is 11.2 Å². The summed E-state index contributed by atoms with van der Waals surface area (Å²) in [5.74, 6) is 0.981. The maximum atomic E-state index is 13.0. The predicted octanol–water partition coefficient (Wildman–Crippen LogP) is 2.67. The molecule has 3 aromatic rings. The third-order valence-electron chi connectivity index (χ3n) is 5.29. The molecular formula is C19H22ClN5O2. The second-order valence-corrected chi connectivity index (χ2v) is 7.59. The van der Waals surface area contributed by atoms with E-state index in [-0.39, 0.29) is 11.2 Å². The molecule has 142 valence electrons. The maximum absolute atomic E-state index is 13.0. The van der Waals surface area contributed by atoms with E-state index in [1.54, 1.807) is 14.0 Å². The van der Waals surface area contributed by atoms with Crippen LogP contribution in [0.4, 0.5) is 11.6 Å². The van der Waals surface area contributed by atoms with Crippen LogP contribution in [0.5, 0.6) is 0 Å². The predicted molar refractivity (Wildman–Crippen MR) is 107 cm³/mol. The summed E-state index contributed by atoms with van der Waals surface area (Å²) >= 11 is 6.33. The van der Waals surface area contributed by atoms with Crippen molar-refractivity contribution in [2.45, 2.75) is 33.9 Å². The highest BCUT2D eigenvalue weighted by Crippen LogP contribution is 2.36. The van der Waals surface area contributed by atoms with Gasteiger partial charge in [-0.05, 0) is 37.5 Å². The number of nitrogens with zero attached hydrogens (tertiary/aromatic N) is 5. The first kappa shape index (κ1) is 17.9. The van der Waals surface area contributed by atoms with Gasteiger partial charge in [0.2, 0.25) is 5.95 Å². The van der Waals surface area contributed by atoms with Gasteiger partial charge in [-0.1, -0.05) is 24.6 Å². The lowest BCUT2D eigenvalue weighted by Gasteiger charge is -2.34. The highest BCUT2D eigenvalue weighted by Gasteiger charge is 2.30. The minimum Gasteiger partial charge on any atom is -0.311 e. The first-order valence-corrected chi connectivity index (χ1v) is 9.45. The van der Waals surface area contributed by atoms with Crippen LogP contribution in [-0.4, -0.2) is 25.2 Å². The highest BCUT2D eigenvalue weighted by atomic mass is 35.5. The second kappa shape index (κ2) is 6.27. The van der Waals surface area contributed by atoms with Crippen LogP contribution in [0.3, 0.4) is 0 Å². The van der Waals surface area contributed by atoms with Crippen molar-refractivity contribution < 1.29 is 0 Å². The second-order valence-electron chi connectivity index (χ2n) is 7.19. The van der Waals surface area contributed by atoms with Gasteiger partial charge in [0.25, 0.3) is 5.56 Å². The van der Waals surface area contributed by atoms with Gasteiger partial charge in [-0.2, -0.15) is 4.98 Å². The van der Waals surface area contributed by atoms with Gasteiger partial charge in [-0.3, -0.25) is 13.9 Å². The van der Waals surface area contributed by atoms with Crippen LogP contribution in [0, 0.1) is 12.8 Å². The summed E-state index contributed by atoms with van der Waals surface area (Å²) in [5, 5.41) is 0.689. The molecule has 1 atom stereocenters. The molecule has 8 heteroatoms. The van der Waals surface area contributed by atoms with Gasteiger partial charge in [-0.25, -0.2) is 4.79 Å². The minimum atomic E-state index is -0.344. The number of aromatic nitrogens is 4. The molecule has 0 aliphatic carbocycles. The van der Waals surface area contributed by atoms with Crippen molar-refractivity contribution >= 4 is 34.4 Å². The van der Waals surface area contributed by atoms with E-state index in [0.717, 1.165) is 17.8 Å². The van der Waals surface area contributed by atoms with Crippen LogP contribution in [0.15, 0.2) is 27.8 Å². The zero-order chi connectivity index (χ0) is 19.5. The molecule has 1 unspecified atom stereocenters. The molecule has 27 heavy (non-hydrogen) atoms. The Bertz CT molecular complexity index is 1170. The number of anilines is 2. The average Bonchev–Trinajstić information content (AvgIpc) is 3.02. The van der Waals surface area contributed by atoms with Crippen molar-refractivity contribution in [1.82, 2.24) is 18.7 Å². The molecule has 1 aromatic carbocycles. The summed E-state index contributed by atoms with van der Waals surface area (Å²) in [4.78, 5) is 32.3. The molecule has 1 aliphatic rings. The Balaban J connectivity index is 2.06. The Kier molecular flexibility index (Phi) is 4.14. The number of aryl methyl sites for hydroxylation is 1. The first-order chi connectivity index (χ1) is 12.8. The monoisotopic (exact) mass is 387 g/mol. The zero-order valence-electron chi connectivity index (χ0n) is 15.9. The fourth-order valence-electron chi connectivity index (χ4n) is 3.88. The molecule has 7 nitrogen and oxygen atoms in total. The molecule has 0 saturated carbocycles. The summed E-state index contributed by atoms with van der Waals surface area (Å²) in [6.45, 7) is 7.69. The fourth-order valence-corrected chi connectivity index (χ4v) is 4.04. The van der Waals surface area contributed by atoms with E-state index >= 15 is 0 Å². The third-order valence-corrected chi connectivity index (χ3v) is 5.70. The minimum absolute atomic E-state index is 0.286. The van der Waals surface area contributed by atoms with E-state index in [1.807, 2.05) is 29.7 Å². The Morgan fingerprint density at radius 2 is 2.00 bits per heavy atom. The molecule has 3 heterocycles. The maximum Gasteiger partial charge on any atom is 0.332 e. The van der Waals surface area contributed by atoms with Crippen LogP contribution in [0.2, 0.25) is 5.02 Å². The number of fused-ring (bicyclic) bond motifs is 3. The Morgan fingerprint density at radius 3 is 2.70 bits per heavy atom. The van der Waals surface area contributed by atoms with Gasteiger partial charge in [0.15, 0.2) is 11.2 Å². The number of hydrogen-bond donors (Lipinski definition) is 0. The van der Waals surface area contributed by atoms with Crippen molar-refractivity contribution in [3.05, 3.63) is 49.6 Å². The van der Waals surface area contributed by atoms with E-state index in [9.17, 15) is 9.59 Å². The van der Waals surface area contributed by atoms with E-state index in [1.165, 1.54) is 9.13 Å². The van der Waals surface area contributed by atoms with Gasteiger partial charge in [0.1, 0.15) is 0 Å². The van der Waals surface area contributed by atoms with E-state index in [2.05, 4.69) is 11.8 Å². The molecule has 0 radical (unpaired) electrons. The van der Waals surface area contributed by atoms with Crippen LogP contribution >= 0.6 is 11.6 Å². The summed E-state index contributed by atoms with van der Waals surface area (Å²) in [5.41, 5.74) is 2.20. The summed E-state index contributed by atoms with van der Waals surface area (Å²) < 4.78 is 4.66. The molecule has 0 amide bonds. The van der Waals surface area contributed by atoms with Gasteiger partial charge < -0.3 is 9.47 Å². The summed E-state index contributed by atoms with van der Waals surface area (Å²) in [6.07, 6.45) is 0. The molecular weight excluding hydrogens is 366 g/mol. The molecule has 0 spiro atoms. The van der Waals surface area contributed by atoms with E-state index in [4.69, 9.17) is 16.6 Å². The van der Waals surface area contributed by atoms with Crippen molar-refractivity contribution in [1.29, 1.82) is 0 Å². The van der Waals surface area contributed by atoms with Gasteiger partial charge >= 0.3 is 5.69 Å². The Morgan fingerprint density at radius 1 is 1.26 bits per heavy atom. The third kappa shape index (κ3) is 2.52. The average molecular weight is 388 g/mol. The smallest absolute Gasteiger partial charge is 0.311 e. The molecule has 0 bridgehead atoms. The Labute approximate surface area is 161 Å². The molecule has 1 aliphatic heterocycles. The van der Waals surface area contributed by atoms with E-state index < -0.39 is 0 Å². The number of hydrogen-bond acceptors (Lipinski definition) is 4. The number of imidazole rings is 1. The SMILES string of the molecule is CCn1c(=O)c2c(nc3n2CC(C)CN3c2cccc(Cl)c2C)n(C)c1=O. The fraction of sp³-hybridized carbons (Fsp3) is 0.421. The quantitative estimate of drug-likeness (QED) is 0.678. The van der Waals surface area contributed by atoms with Gasteiger partial charge in [0.05, 0.1) is 0 Å². The van der Waals surface area contributed by atoms with Crippen molar-refractivity contribution in [2.75, 3.05) is 11.4 Å². The number of rotatable bonds is 2. The lowest BCUT2D eigenvalue weighted by atomic mass is 10.1. The lowest BCUT2D eigenvalue weighted by molar-refractivity contribution is 0.457. The van der Waals surface area contributed by atoms with E-state index in [0.29, 0.717) is 41.1 Å². The molecule has 0 saturated heterocycles. The molecule has 0 N–H and O–H groups in total. The van der Waals surface area contributed by atoms with Crippen molar-refractivity contribution in [3.63, 3.8) is 0 Å². The highest BCUT2D eigenvalue weighted by molar-refractivity contribution is 6.31. The standard InChI is InChI=1S/C19H22ClN5O2/c1-5-23-17(26)15-16(22(4)19(23)27)21-18-24(9-11(2)10-25(15)18)14-8-6-7-13(20)12(14)3/h6-8,11H,5,9-10H2,1-4H3. The molecule has 4 rings (SSSR count). The summed E-state index contributed by atoms with van der Waals surface area (Å²) in [6, 6.07) is 5.78. The first-order valence-electron chi connectivity index (χ1n) is 9.07. The summed E-state index contributed by atoms with van der Waals surface area (Å²) in [7, 11) is 1.66.